The minimum atomic E-state index is -5.02. The molecular formula is C20H15F6NO2. The molecule has 0 bridgehead atoms. The number of nitrogens with zero attached hydrogens (tertiary/aromatic N) is 1. The van der Waals surface area contributed by atoms with Gasteiger partial charge in [-0.1, -0.05) is 36.4 Å². The average Bonchev–Trinajstić information content (AvgIpc) is 2.64. The predicted molar refractivity (Wildman–Crippen MR) is 94.7 cm³/mol. The molecule has 0 fully saturated rings. The summed E-state index contributed by atoms with van der Waals surface area (Å²) >= 11 is 0. The molecule has 1 N–H and O–H groups in total. The topological polar surface area (TPSA) is 49.7 Å². The quantitative estimate of drug-likeness (QED) is 0.391. The van der Waals surface area contributed by atoms with Crippen LogP contribution in [-0.4, -0.2) is 22.8 Å². The Bertz CT molecular complexity index is 887. The molecule has 1 atom stereocenters. The van der Waals surface area contributed by atoms with Crippen molar-refractivity contribution in [3.05, 3.63) is 83.4 Å². The third-order valence-corrected chi connectivity index (χ3v) is 4.08. The van der Waals surface area contributed by atoms with E-state index in [1.54, 1.807) is 30.3 Å². The summed E-state index contributed by atoms with van der Waals surface area (Å²) in [5.74, 6) is -1.45. The van der Waals surface area contributed by atoms with Gasteiger partial charge in [0.1, 0.15) is 0 Å². The van der Waals surface area contributed by atoms with Gasteiger partial charge in [-0.15, -0.1) is 6.58 Å². The third-order valence-electron chi connectivity index (χ3n) is 4.08. The molecule has 3 nitrogen and oxygen atoms in total. The number of carboxylic acid groups (broad SMARTS) is 1. The first-order valence-electron chi connectivity index (χ1n) is 8.13. The lowest BCUT2D eigenvalue weighted by molar-refractivity contribution is -0.143. The second-order valence-electron chi connectivity index (χ2n) is 6.19. The highest BCUT2D eigenvalue weighted by Gasteiger charge is 2.37. The second kappa shape index (κ2) is 8.10. The first kappa shape index (κ1) is 22.2. The number of carboxylic acids is 1. The molecule has 0 spiro atoms. The van der Waals surface area contributed by atoms with Gasteiger partial charge < -0.3 is 5.11 Å². The summed E-state index contributed by atoms with van der Waals surface area (Å²) in [7, 11) is 0. The normalized spacial score (nSPS) is 14.6. The molecule has 0 saturated heterocycles. The molecule has 29 heavy (non-hydrogen) atoms. The standard InChI is InChI=1S/C20H15F6NO2/c1-2-18(17(28)29,11-13-6-4-3-5-7-13)27-12-14-8-15(19(21,22)23)10-16(9-14)20(24,25)26/h2-10,12H,1,11H2,(H,28,29). The Hall–Kier alpha value is -3.10. The van der Waals surface area contributed by atoms with Gasteiger partial charge in [0.15, 0.2) is 5.54 Å². The lowest BCUT2D eigenvalue weighted by atomic mass is 9.91. The van der Waals surface area contributed by atoms with Gasteiger partial charge in [-0.2, -0.15) is 26.3 Å². The van der Waals surface area contributed by atoms with Gasteiger partial charge in [0.05, 0.1) is 11.1 Å². The van der Waals surface area contributed by atoms with E-state index in [1.807, 2.05) is 0 Å². The summed E-state index contributed by atoms with van der Waals surface area (Å²) in [6.45, 7) is 3.42. The van der Waals surface area contributed by atoms with Crippen LogP contribution < -0.4 is 0 Å². The number of rotatable bonds is 6. The van der Waals surface area contributed by atoms with E-state index in [0.29, 0.717) is 23.9 Å². The molecule has 9 heteroatoms. The van der Waals surface area contributed by atoms with E-state index >= 15 is 0 Å². The monoisotopic (exact) mass is 415 g/mol. The summed E-state index contributed by atoms with van der Waals surface area (Å²) < 4.78 is 77.8. The number of alkyl halides is 6. The zero-order valence-electron chi connectivity index (χ0n) is 14.8. The smallest absolute Gasteiger partial charge is 0.416 e. The van der Waals surface area contributed by atoms with Crippen LogP contribution in [0.15, 0.2) is 66.2 Å². The Morgan fingerprint density at radius 3 is 1.90 bits per heavy atom. The van der Waals surface area contributed by atoms with Gasteiger partial charge in [0, 0.05) is 12.6 Å². The Balaban J connectivity index is 2.52. The molecule has 0 amide bonds. The van der Waals surface area contributed by atoms with E-state index in [4.69, 9.17) is 0 Å². The van der Waals surface area contributed by atoms with Crippen molar-refractivity contribution >= 4 is 12.2 Å². The van der Waals surface area contributed by atoms with Crippen molar-refractivity contribution in [1.29, 1.82) is 0 Å². The van der Waals surface area contributed by atoms with Crippen LogP contribution in [0.2, 0.25) is 0 Å². The maximum absolute atomic E-state index is 13.0. The number of halogens is 6. The van der Waals surface area contributed by atoms with Gasteiger partial charge in [-0.3, -0.25) is 4.99 Å². The van der Waals surface area contributed by atoms with Gasteiger partial charge in [-0.05, 0) is 29.3 Å². The van der Waals surface area contributed by atoms with Crippen molar-refractivity contribution in [2.45, 2.75) is 24.3 Å². The minimum absolute atomic E-state index is 0.0146. The van der Waals surface area contributed by atoms with Crippen molar-refractivity contribution in [3.63, 3.8) is 0 Å². The predicted octanol–water partition coefficient (Wildman–Crippen LogP) is 5.40. The van der Waals surface area contributed by atoms with Crippen molar-refractivity contribution in [2.24, 2.45) is 4.99 Å². The summed E-state index contributed by atoms with van der Waals surface area (Å²) in [5, 5.41) is 9.59. The van der Waals surface area contributed by atoms with Crippen molar-refractivity contribution in [2.75, 3.05) is 0 Å². The molecule has 0 heterocycles. The molecule has 154 valence electrons. The van der Waals surface area contributed by atoms with E-state index in [-0.39, 0.29) is 12.5 Å². The van der Waals surface area contributed by atoms with Crippen LogP contribution in [0.25, 0.3) is 0 Å². The van der Waals surface area contributed by atoms with E-state index in [9.17, 15) is 36.2 Å². The summed E-state index contributed by atoms with van der Waals surface area (Å²) in [6.07, 6.45) is -8.55. The zero-order chi connectivity index (χ0) is 21.9. The van der Waals surface area contributed by atoms with Crippen LogP contribution >= 0.6 is 0 Å². The fourth-order valence-corrected chi connectivity index (χ4v) is 2.54. The molecular weight excluding hydrogens is 400 g/mol. The third kappa shape index (κ3) is 5.46. The number of carbonyl (C=O) groups is 1. The molecule has 0 aliphatic heterocycles. The summed E-state index contributed by atoms with van der Waals surface area (Å²) in [6, 6.07) is 9.15. The van der Waals surface area contributed by atoms with Crippen LogP contribution in [0.1, 0.15) is 22.3 Å². The van der Waals surface area contributed by atoms with E-state index < -0.39 is 40.6 Å². The molecule has 2 aromatic carbocycles. The lowest BCUT2D eigenvalue weighted by Gasteiger charge is -2.21. The van der Waals surface area contributed by atoms with Crippen LogP contribution in [0.4, 0.5) is 26.3 Å². The van der Waals surface area contributed by atoms with Crippen LogP contribution in [0.3, 0.4) is 0 Å². The number of hydrogen-bond donors (Lipinski definition) is 1. The fourth-order valence-electron chi connectivity index (χ4n) is 2.54. The largest absolute Gasteiger partial charge is 0.479 e. The highest BCUT2D eigenvalue weighted by Crippen LogP contribution is 2.36. The van der Waals surface area contributed by atoms with Gasteiger partial charge >= 0.3 is 18.3 Å². The Labute approximate surface area is 162 Å². The van der Waals surface area contributed by atoms with Gasteiger partial charge in [0.2, 0.25) is 0 Å². The maximum atomic E-state index is 13.0. The number of benzene rings is 2. The Kier molecular flexibility index (Phi) is 6.20. The molecule has 2 aromatic rings. The van der Waals surface area contributed by atoms with Crippen molar-refractivity contribution < 1.29 is 36.2 Å². The van der Waals surface area contributed by atoms with E-state index in [0.717, 1.165) is 6.08 Å². The highest BCUT2D eigenvalue weighted by molar-refractivity contribution is 5.88. The van der Waals surface area contributed by atoms with E-state index in [2.05, 4.69) is 11.6 Å². The van der Waals surface area contributed by atoms with Crippen LogP contribution in [0, 0.1) is 0 Å². The molecule has 0 aromatic heterocycles. The van der Waals surface area contributed by atoms with Crippen LogP contribution in [-0.2, 0) is 23.6 Å². The molecule has 0 saturated carbocycles. The first-order chi connectivity index (χ1) is 13.4. The van der Waals surface area contributed by atoms with Gasteiger partial charge in [-0.25, -0.2) is 4.79 Å². The average molecular weight is 415 g/mol. The molecule has 0 aliphatic carbocycles. The number of aliphatic imine (C=N–C) groups is 1. The van der Waals surface area contributed by atoms with Crippen LogP contribution in [0.5, 0.6) is 0 Å². The summed E-state index contributed by atoms with van der Waals surface area (Å²) in [5.41, 5.74) is -4.99. The first-order valence-corrected chi connectivity index (χ1v) is 8.13. The highest BCUT2D eigenvalue weighted by atomic mass is 19.4. The Morgan fingerprint density at radius 1 is 0.966 bits per heavy atom. The zero-order valence-corrected chi connectivity index (χ0v) is 14.8. The summed E-state index contributed by atoms with van der Waals surface area (Å²) in [4.78, 5) is 15.6. The molecule has 0 radical (unpaired) electrons. The lowest BCUT2D eigenvalue weighted by Crippen LogP contribution is -2.37. The van der Waals surface area contributed by atoms with E-state index in [1.165, 1.54) is 0 Å². The SMILES string of the molecule is C=CC(Cc1ccccc1)(N=Cc1cc(C(F)(F)F)cc(C(F)(F)F)c1)C(=O)O. The number of aliphatic carboxylic acids is 1. The van der Waals surface area contributed by atoms with Crippen molar-refractivity contribution in [3.8, 4) is 0 Å². The Morgan fingerprint density at radius 2 is 1.48 bits per heavy atom. The maximum Gasteiger partial charge on any atom is 0.416 e. The second-order valence-corrected chi connectivity index (χ2v) is 6.19. The minimum Gasteiger partial charge on any atom is -0.479 e. The fraction of sp³-hybridized carbons (Fsp3) is 0.200. The van der Waals surface area contributed by atoms with Crippen molar-refractivity contribution in [1.82, 2.24) is 0 Å². The molecule has 2 rings (SSSR count). The molecule has 0 aliphatic rings. The number of hydrogen-bond acceptors (Lipinski definition) is 2. The molecule has 1 unspecified atom stereocenters. The van der Waals surface area contributed by atoms with Gasteiger partial charge in [0.25, 0.3) is 0 Å².